The molecule has 0 fully saturated rings. The quantitative estimate of drug-likeness (QED) is 0.530. The molecule has 6 nitrogen and oxygen atoms in total. The van der Waals surface area contributed by atoms with Gasteiger partial charge in [0.25, 0.3) is 11.8 Å². The van der Waals surface area contributed by atoms with E-state index in [1.807, 2.05) is 12.1 Å². The van der Waals surface area contributed by atoms with Crippen molar-refractivity contribution in [3.8, 4) is 23.7 Å². The number of carbonyl (C=O) groups is 3. The maximum absolute atomic E-state index is 12.2. The van der Waals surface area contributed by atoms with E-state index in [0.29, 0.717) is 17.7 Å². The van der Waals surface area contributed by atoms with E-state index in [1.165, 1.54) is 16.2 Å². The number of rotatable bonds is 1. The summed E-state index contributed by atoms with van der Waals surface area (Å²) in [6, 6.07) is 10.5. The molecule has 3 rings (SSSR count). The van der Waals surface area contributed by atoms with Gasteiger partial charge in [-0.1, -0.05) is 35.8 Å². The number of hydrogen-bond acceptors (Lipinski definition) is 5. The molecule has 0 spiro atoms. The monoisotopic (exact) mass is 434 g/mol. The molecule has 0 aliphatic carbocycles. The number of nitrogens with two attached hydrogens (primary N) is 1. The Labute approximate surface area is 173 Å². The number of carbonyl (C=O) groups excluding carboxylic acids is 2. The molecule has 3 N–H and O–H groups in total. The summed E-state index contributed by atoms with van der Waals surface area (Å²) in [6.07, 6.45) is -5.08. The zero-order valence-electron chi connectivity index (χ0n) is 15.1. The fourth-order valence-electron chi connectivity index (χ4n) is 2.20. The van der Waals surface area contributed by atoms with Crippen molar-refractivity contribution < 1.29 is 32.7 Å². The summed E-state index contributed by atoms with van der Waals surface area (Å²) in [7, 11) is 0. The number of halogens is 3. The van der Waals surface area contributed by atoms with E-state index in [1.54, 1.807) is 24.3 Å². The van der Waals surface area contributed by atoms with Crippen LogP contribution in [-0.2, 0) is 4.79 Å². The van der Waals surface area contributed by atoms with Gasteiger partial charge in [0.05, 0.1) is 34.0 Å². The number of aliphatic carboxylic acids is 1. The zero-order valence-corrected chi connectivity index (χ0v) is 15.9. The molecular weight excluding hydrogens is 421 g/mol. The van der Waals surface area contributed by atoms with Gasteiger partial charge in [-0.25, -0.2) is 4.79 Å². The van der Waals surface area contributed by atoms with Gasteiger partial charge in [-0.15, -0.1) is 11.3 Å². The first-order valence-corrected chi connectivity index (χ1v) is 8.99. The highest BCUT2D eigenvalue weighted by Crippen LogP contribution is 2.22. The van der Waals surface area contributed by atoms with Crippen molar-refractivity contribution >= 4 is 29.1 Å². The van der Waals surface area contributed by atoms with Crippen molar-refractivity contribution in [2.45, 2.75) is 6.18 Å². The Morgan fingerprint density at radius 2 is 1.47 bits per heavy atom. The van der Waals surface area contributed by atoms with Crippen LogP contribution in [0.1, 0.15) is 30.5 Å². The smallest absolute Gasteiger partial charge is 0.475 e. The van der Waals surface area contributed by atoms with Gasteiger partial charge >= 0.3 is 12.1 Å². The lowest BCUT2D eigenvalue weighted by Crippen LogP contribution is -2.29. The first kappa shape index (κ1) is 22.7. The lowest BCUT2D eigenvalue weighted by molar-refractivity contribution is -0.192. The summed E-state index contributed by atoms with van der Waals surface area (Å²) in [5, 5.41) is 7.12. The predicted octanol–water partition coefficient (Wildman–Crippen LogP) is 2.34. The molecule has 2 amide bonds. The first-order valence-electron chi connectivity index (χ1n) is 8.18. The average molecular weight is 434 g/mol. The minimum Gasteiger partial charge on any atom is -0.475 e. The number of amides is 2. The fraction of sp³-hybridized carbons (Fsp3) is 0.150. The molecule has 1 aliphatic rings. The predicted molar refractivity (Wildman–Crippen MR) is 103 cm³/mol. The van der Waals surface area contributed by atoms with Crippen LogP contribution in [0, 0.1) is 23.7 Å². The summed E-state index contributed by atoms with van der Waals surface area (Å²) in [5.41, 5.74) is 6.21. The van der Waals surface area contributed by atoms with Gasteiger partial charge < -0.3 is 10.8 Å². The molecule has 1 aromatic heterocycles. The average Bonchev–Trinajstić information content (AvgIpc) is 3.24. The number of fused-ring (bicyclic) bond motifs is 1. The van der Waals surface area contributed by atoms with E-state index in [2.05, 4.69) is 23.7 Å². The minimum atomic E-state index is -5.08. The molecule has 1 aliphatic heterocycles. The molecule has 0 unspecified atom stereocenters. The minimum absolute atomic E-state index is 0.0774. The molecule has 30 heavy (non-hydrogen) atoms. The van der Waals surface area contributed by atoms with E-state index >= 15 is 0 Å². The maximum atomic E-state index is 12.2. The van der Waals surface area contributed by atoms with Gasteiger partial charge in [0.15, 0.2) is 0 Å². The SMILES string of the molecule is NCC#Cc1ccc(C#CCN2C(=O)c3ccccc3C2=O)s1.O=C(O)C(F)(F)F. The van der Waals surface area contributed by atoms with Crippen molar-refractivity contribution in [2.75, 3.05) is 13.1 Å². The van der Waals surface area contributed by atoms with Gasteiger partial charge in [0.1, 0.15) is 0 Å². The Kier molecular flexibility index (Phi) is 7.37. The lowest BCUT2D eigenvalue weighted by Gasteiger charge is -2.08. The van der Waals surface area contributed by atoms with Gasteiger partial charge in [-0.3, -0.25) is 14.5 Å². The van der Waals surface area contributed by atoms with Crippen LogP contribution in [0.25, 0.3) is 0 Å². The second-order valence-corrected chi connectivity index (χ2v) is 6.60. The van der Waals surface area contributed by atoms with Gasteiger partial charge in [0.2, 0.25) is 0 Å². The highest BCUT2D eigenvalue weighted by atomic mass is 32.1. The molecule has 0 radical (unpaired) electrons. The number of alkyl halides is 3. The number of benzene rings is 1. The largest absolute Gasteiger partial charge is 0.490 e. The van der Waals surface area contributed by atoms with E-state index in [9.17, 15) is 22.8 Å². The van der Waals surface area contributed by atoms with Crippen molar-refractivity contribution in [3.05, 3.63) is 57.3 Å². The van der Waals surface area contributed by atoms with Crippen LogP contribution >= 0.6 is 11.3 Å². The molecular formula is C20H13F3N2O4S. The van der Waals surface area contributed by atoms with Gasteiger partial charge in [-0.05, 0) is 24.3 Å². The van der Waals surface area contributed by atoms with Gasteiger partial charge in [0, 0.05) is 0 Å². The Morgan fingerprint density at radius 1 is 1.00 bits per heavy atom. The number of carboxylic acids is 1. The third-order valence-electron chi connectivity index (χ3n) is 3.49. The van der Waals surface area contributed by atoms with E-state index < -0.39 is 12.1 Å². The first-order chi connectivity index (χ1) is 14.1. The third kappa shape index (κ3) is 5.70. The van der Waals surface area contributed by atoms with Crippen LogP contribution in [0.4, 0.5) is 13.2 Å². The maximum Gasteiger partial charge on any atom is 0.490 e. The molecule has 0 saturated heterocycles. The zero-order chi connectivity index (χ0) is 22.3. The number of nitrogens with zero attached hydrogens (tertiary/aromatic N) is 1. The molecule has 1 aromatic carbocycles. The Bertz CT molecular complexity index is 1070. The summed E-state index contributed by atoms with van der Waals surface area (Å²) in [6.45, 7) is 0.396. The van der Waals surface area contributed by atoms with E-state index in [4.69, 9.17) is 15.6 Å². The van der Waals surface area contributed by atoms with Crippen molar-refractivity contribution in [1.82, 2.24) is 4.90 Å². The number of imide groups is 1. The second kappa shape index (κ2) is 9.74. The van der Waals surface area contributed by atoms with E-state index in [-0.39, 0.29) is 18.4 Å². The molecule has 2 aromatic rings. The molecule has 154 valence electrons. The Hall–Kier alpha value is -3.60. The van der Waals surface area contributed by atoms with Crippen LogP contribution < -0.4 is 5.73 Å². The standard InChI is InChI=1S/C18H12N2O2S.C2HF3O2/c19-11-3-5-13-9-10-14(23-13)6-4-12-20-17(21)15-7-1-2-8-16(15)18(20)22;3-2(4,5)1(6)7/h1-2,7-10H,11-12,19H2;(H,6,7). The number of thiophene rings is 1. The molecule has 0 bridgehead atoms. The number of carboxylic acid groups (broad SMARTS) is 1. The molecule has 0 saturated carbocycles. The second-order valence-electron chi connectivity index (χ2n) is 5.52. The topological polar surface area (TPSA) is 101 Å². The van der Waals surface area contributed by atoms with Crippen LogP contribution in [0.5, 0.6) is 0 Å². The third-order valence-corrected chi connectivity index (χ3v) is 4.41. The van der Waals surface area contributed by atoms with Crippen LogP contribution in [0.15, 0.2) is 36.4 Å². The van der Waals surface area contributed by atoms with E-state index in [0.717, 1.165) is 9.75 Å². The summed E-state index contributed by atoms with van der Waals surface area (Å²) < 4.78 is 31.7. The van der Waals surface area contributed by atoms with Crippen molar-refractivity contribution in [3.63, 3.8) is 0 Å². The summed E-state index contributed by atoms with van der Waals surface area (Å²) in [4.78, 5) is 36.2. The summed E-state index contributed by atoms with van der Waals surface area (Å²) >= 11 is 1.45. The lowest BCUT2D eigenvalue weighted by atomic mass is 10.1. The van der Waals surface area contributed by atoms with Gasteiger partial charge in [-0.2, -0.15) is 13.2 Å². The Balaban J connectivity index is 0.000000396. The van der Waals surface area contributed by atoms with Crippen LogP contribution in [-0.4, -0.2) is 47.1 Å². The molecule has 2 heterocycles. The fourth-order valence-corrected chi connectivity index (χ4v) is 2.95. The van der Waals surface area contributed by atoms with Crippen molar-refractivity contribution in [2.24, 2.45) is 5.73 Å². The molecule has 0 atom stereocenters. The highest BCUT2D eigenvalue weighted by Gasteiger charge is 2.38. The normalized spacial score (nSPS) is 12.1. The van der Waals surface area contributed by atoms with Crippen molar-refractivity contribution in [1.29, 1.82) is 0 Å². The number of hydrogen-bond donors (Lipinski definition) is 2. The van der Waals surface area contributed by atoms with Crippen LogP contribution in [0.2, 0.25) is 0 Å². The Morgan fingerprint density at radius 3 is 1.90 bits per heavy atom. The summed E-state index contributed by atoms with van der Waals surface area (Å²) in [5.74, 6) is 8.22. The highest BCUT2D eigenvalue weighted by molar-refractivity contribution is 7.13. The molecule has 10 heteroatoms. The van der Waals surface area contributed by atoms with Crippen LogP contribution in [0.3, 0.4) is 0 Å².